The van der Waals surface area contributed by atoms with E-state index in [1.807, 2.05) is 11.4 Å². The minimum absolute atomic E-state index is 0.307. The summed E-state index contributed by atoms with van der Waals surface area (Å²) in [5, 5.41) is 2.89. The molecule has 0 radical (unpaired) electrons. The zero-order valence-corrected chi connectivity index (χ0v) is 12.1. The van der Waals surface area contributed by atoms with Crippen molar-refractivity contribution in [3.63, 3.8) is 0 Å². The van der Waals surface area contributed by atoms with Crippen molar-refractivity contribution in [3.05, 3.63) is 56.7 Å². The molecule has 0 amide bonds. The predicted octanol–water partition coefficient (Wildman–Crippen LogP) is 5.39. The van der Waals surface area contributed by atoms with Crippen LogP contribution < -0.4 is 0 Å². The molecule has 0 saturated heterocycles. The second kappa shape index (κ2) is 5.35. The van der Waals surface area contributed by atoms with E-state index in [4.69, 9.17) is 11.6 Å². The lowest BCUT2D eigenvalue weighted by Crippen LogP contribution is -1.93. The second-order valence-electron chi connectivity index (χ2n) is 3.79. The van der Waals surface area contributed by atoms with Gasteiger partial charge >= 0.3 is 0 Å². The van der Waals surface area contributed by atoms with Gasteiger partial charge in [0, 0.05) is 4.88 Å². The van der Waals surface area contributed by atoms with Crippen LogP contribution in [-0.4, -0.2) is 0 Å². The Morgan fingerprint density at radius 1 is 1.38 bits per heavy atom. The number of benzene rings is 1. The maximum Gasteiger partial charge on any atom is 0.0556 e. The highest BCUT2D eigenvalue weighted by atomic mass is 79.9. The third-order valence-corrected chi connectivity index (χ3v) is 4.98. The molecule has 1 aromatic carbocycles. The molecule has 0 N–H and O–H groups in total. The molecule has 1 atom stereocenters. The van der Waals surface area contributed by atoms with Gasteiger partial charge in [-0.3, -0.25) is 0 Å². The average molecular weight is 316 g/mol. The first kappa shape index (κ1) is 12.2. The summed E-state index contributed by atoms with van der Waals surface area (Å²) in [7, 11) is 0. The van der Waals surface area contributed by atoms with Crippen molar-refractivity contribution in [2.45, 2.75) is 18.2 Å². The third-order valence-electron chi connectivity index (χ3n) is 2.43. The maximum atomic E-state index is 6.11. The molecular formula is C13H12BrClS. The van der Waals surface area contributed by atoms with Crippen LogP contribution in [0.2, 0.25) is 5.02 Å². The summed E-state index contributed by atoms with van der Waals surface area (Å²) in [4.78, 5) is 1.52. The van der Waals surface area contributed by atoms with E-state index < -0.39 is 0 Å². The van der Waals surface area contributed by atoms with E-state index in [-0.39, 0.29) is 0 Å². The molecule has 2 rings (SSSR count). The molecule has 0 aliphatic rings. The summed E-state index contributed by atoms with van der Waals surface area (Å²) >= 11 is 11.5. The molecule has 16 heavy (non-hydrogen) atoms. The van der Waals surface area contributed by atoms with Gasteiger partial charge in [-0.2, -0.15) is 0 Å². The van der Waals surface area contributed by atoms with Gasteiger partial charge in [-0.1, -0.05) is 57.4 Å². The van der Waals surface area contributed by atoms with Crippen molar-refractivity contribution >= 4 is 38.9 Å². The van der Waals surface area contributed by atoms with Gasteiger partial charge < -0.3 is 0 Å². The Labute approximate surface area is 113 Å². The number of thiophene rings is 1. The zero-order valence-electron chi connectivity index (χ0n) is 8.91. The van der Waals surface area contributed by atoms with Crippen LogP contribution in [0, 0.1) is 6.92 Å². The normalized spacial score (nSPS) is 12.7. The van der Waals surface area contributed by atoms with Crippen molar-refractivity contribution in [1.29, 1.82) is 0 Å². The van der Waals surface area contributed by atoms with E-state index >= 15 is 0 Å². The van der Waals surface area contributed by atoms with Crippen molar-refractivity contribution in [2.75, 3.05) is 0 Å². The summed E-state index contributed by atoms with van der Waals surface area (Å²) < 4.78 is 0. The van der Waals surface area contributed by atoms with Crippen LogP contribution in [0.5, 0.6) is 0 Å². The van der Waals surface area contributed by atoms with Gasteiger partial charge in [-0.25, -0.2) is 0 Å². The third kappa shape index (κ3) is 2.88. The minimum atomic E-state index is 0.307. The van der Waals surface area contributed by atoms with Gasteiger partial charge in [0.15, 0.2) is 0 Å². The van der Waals surface area contributed by atoms with Crippen LogP contribution in [0.1, 0.15) is 20.8 Å². The molecule has 0 bridgehead atoms. The fourth-order valence-electron chi connectivity index (χ4n) is 1.67. The SMILES string of the molecule is Cc1cccc(CC(Br)c2sccc2Cl)c1. The summed E-state index contributed by atoms with van der Waals surface area (Å²) in [5.74, 6) is 0. The second-order valence-corrected chi connectivity index (χ2v) is 6.25. The van der Waals surface area contributed by atoms with Crippen molar-refractivity contribution < 1.29 is 0 Å². The Kier molecular flexibility index (Phi) is 4.06. The Bertz CT molecular complexity index is 478. The van der Waals surface area contributed by atoms with Gasteiger partial charge in [-0.05, 0) is 30.4 Å². The monoisotopic (exact) mass is 314 g/mol. The summed E-state index contributed by atoms with van der Waals surface area (Å²) in [6.45, 7) is 2.12. The molecule has 0 aliphatic heterocycles. The van der Waals surface area contributed by atoms with Crippen LogP contribution in [0.15, 0.2) is 35.7 Å². The quantitative estimate of drug-likeness (QED) is 0.666. The first-order valence-electron chi connectivity index (χ1n) is 5.09. The zero-order chi connectivity index (χ0) is 11.5. The fraction of sp³-hybridized carbons (Fsp3) is 0.231. The number of hydrogen-bond acceptors (Lipinski definition) is 1. The molecule has 1 unspecified atom stereocenters. The van der Waals surface area contributed by atoms with Crippen molar-refractivity contribution in [2.24, 2.45) is 0 Å². The van der Waals surface area contributed by atoms with Crippen LogP contribution in [0.3, 0.4) is 0 Å². The van der Waals surface area contributed by atoms with Crippen LogP contribution >= 0.6 is 38.9 Å². The standard InChI is InChI=1S/C13H12BrClS/c1-9-3-2-4-10(7-9)8-11(14)13-12(15)5-6-16-13/h2-7,11H,8H2,1H3. The Morgan fingerprint density at radius 3 is 2.81 bits per heavy atom. The highest BCUT2D eigenvalue weighted by molar-refractivity contribution is 9.09. The molecule has 0 spiro atoms. The maximum absolute atomic E-state index is 6.11. The van der Waals surface area contributed by atoms with E-state index in [0.717, 1.165) is 11.4 Å². The first-order valence-corrected chi connectivity index (χ1v) is 7.26. The first-order chi connectivity index (χ1) is 7.66. The molecular weight excluding hydrogens is 304 g/mol. The minimum Gasteiger partial charge on any atom is -0.146 e. The highest BCUT2D eigenvalue weighted by Crippen LogP contribution is 2.36. The molecule has 2 aromatic rings. The summed E-state index contributed by atoms with van der Waals surface area (Å²) in [6.07, 6.45) is 0.974. The number of hydrogen-bond donors (Lipinski definition) is 0. The number of alkyl halides is 1. The highest BCUT2D eigenvalue weighted by Gasteiger charge is 2.13. The van der Waals surface area contributed by atoms with Crippen LogP contribution in [0.25, 0.3) is 0 Å². The van der Waals surface area contributed by atoms with E-state index in [1.54, 1.807) is 11.3 Å². The molecule has 3 heteroatoms. The number of aryl methyl sites for hydroxylation is 1. The average Bonchev–Trinajstić information content (AvgIpc) is 2.64. The lowest BCUT2D eigenvalue weighted by molar-refractivity contribution is 0.967. The number of rotatable bonds is 3. The van der Waals surface area contributed by atoms with Crippen LogP contribution in [-0.2, 0) is 6.42 Å². The fourth-order valence-corrected chi connectivity index (χ4v) is 3.91. The van der Waals surface area contributed by atoms with E-state index in [0.29, 0.717) is 4.83 Å². The van der Waals surface area contributed by atoms with Crippen LogP contribution in [0.4, 0.5) is 0 Å². The van der Waals surface area contributed by atoms with E-state index in [1.165, 1.54) is 16.0 Å². The molecule has 84 valence electrons. The molecule has 0 nitrogen and oxygen atoms in total. The molecule has 0 aliphatic carbocycles. The lowest BCUT2D eigenvalue weighted by Gasteiger charge is -2.09. The number of halogens is 2. The molecule has 1 aromatic heterocycles. The van der Waals surface area contributed by atoms with E-state index in [9.17, 15) is 0 Å². The topological polar surface area (TPSA) is 0 Å². The Balaban J connectivity index is 2.14. The van der Waals surface area contributed by atoms with E-state index in [2.05, 4.69) is 47.1 Å². The molecule has 0 fully saturated rings. The van der Waals surface area contributed by atoms with Crippen molar-refractivity contribution in [1.82, 2.24) is 0 Å². The van der Waals surface area contributed by atoms with Gasteiger partial charge in [0.25, 0.3) is 0 Å². The van der Waals surface area contributed by atoms with Crippen molar-refractivity contribution in [3.8, 4) is 0 Å². The summed E-state index contributed by atoms with van der Waals surface area (Å²) in [6, 6.07) is 10.5. The molecule has 0 saturated carbocycles. The largest absolute Gasteiger partial charge is 0.146 e. The summed E-state index contributed by atoms with van der Waals surface area (Å²) in [5.41, 5.74) is 2.64. The molecule has 1 heterocycles. The van der Waals surface area contributed by atoms with Gasteiger partial charge in [0.2, 0.25) is 0 Å². The van der Waals surface area contributed by atoms with Gasteiger partial charge in [0.05, 0.1) is 9.85 Å². The Hall–Kier alpha value is -0.310. The van der Waals surface area contributed by atoms with Gasteiger partial charge in [0.1, 0.15) is 0 Å². The lowest BCUT2D eigenvalue weighted by atomic mass is 10.1. The predicted molar refractivity (Wildman–Crippen MR) is 75.9 cm³/mol. The van der Waals surface area contributed by atoms with Gasteiger partial charge in [-0.15, -0.1) is 11.3 Å². The smallest absolute Gasteiger partial charge is 0.0556 e. The Morgan fingerprint density at radius 2 is 2.19 bits per heavy atom.